The van der Waals surface area contributed by atoms with Crippen LogP contribution in [-0.4, -0.2) is 16.7 Å². The lowest BCUT2D eigenvalue weighted by Crippen LogP contribution is -2.06. The van der Waals surface area contributed by atoms with E-state index in [2.05, 4.69) is 33.0 Å². The van der Waals surface area contributed by atoms with E-state index in [-0.39, 0.29) is 0 Å². The Kier molecular flexibility index (Phi) is 3.29. The van der Waals surface area contributed by atoms with Gasteiger partial charge in [0, 0.05) is 11.4 Å². The van der Waals surface area contributed by atoms with Gasteiger partial charge in [-0.05, 0) is 36.4 Å². The van der Waals surface area contributed by atoms with Crippen LogP contribution in [-0.2, 0) is 6.42 Å². The molecule has 1 N–H and O–H groups in total. The van der Waals surface area contributed by atoms with Gasteiger partial charge >= 0.3 is 0 Å². The lowest BCUT2D eigenvalue weighted by molar-refractivity contribution is 0.968. The Morgan fingerprint density at radius 2 is 2.40 bits per heavy atom. The maximum atomic E-state index is 4.00. The van der Waals surface area contributed by atoms with E-state index in [1.165, 1.54) is 4.88 Å². The molecule has 2 aromatic rings. The highest BCUT2D eigenvalue weighted by atomic mass is 32.1. The zero-order valence-electron chi connectivity index (χ0n) is 8.60. The zero-order chi connectivity index (χ0) is 10.5. The van der Waals surface area contributed by atoms with Gasteiger partial charge in [0.1, 0.15) is 5.82 Å². The van der Waals surface area contributed by atoms with E-state index in [1.54, 1.807) is 17.5 Å². The van der Waals surface area contributed by atoms with E-state index >= 15 is 0 Å². The molecule has 78 valence electrons. The van der Waals surface area contributed by atoms with Crippen molar-refractivity contribution in [1.29, 1.82) is 0 Å². The number of nitrogens with one attached hydrogen (secondary N) is 1. The van der Waals surface area contributed by atoms with Crippen molar-refractivity contribution in [3.8, 4) is 0 Å². The summed E-state index contributed by atoms with van der Waals surface area (Å²) in [5.74, 6) is 0.853. The highest BCUT2D eigenvalue weighted by Gasteiger charge is 1.96. The van der Waals surface area contributed by atoms with Crippen LogP contribution in [0.1, 0.15) is 10.4 Å². The summed E-state index contributed by atoms with van der Waals surface area (Å²) in [5.41, 5.74) is 1.13. The molecule has 15 heavy (non-hydrogen) atoms. The van der Waals surface area contributed by atoms with Crippen molar-refractivity contribution >= 4 is 17.2 Å². The molecule has 0 aliphatic rings. The monoisotopic (exact) mass is 219 g/mol. The van der Waals surface area contributed by atoms with E-state index in [1.807, 2.05) is 13.0 Å². The summed E-state index contributed by atoms with van der Waals surface area (Å²) in [7, 11) is 0. The Balaban J connectivity index is 1.83. The fourth-order valence-electron chi connectivity index (χ4n) is 1.32. The predicted molar refractivity (Wildman–Crippen MR) is 63.3 cm³/mol. The number of hydrogen-bond donors (Lipinski definition) is 1. The highest BCUT2D eigenvalue weighted by Crippen LogP contribution is 2.09. The van der Waals surface area contributed by atoms with Gasteiger partial charge in [0.25, 0.3) is 0 Å². The lowest BCUT2D eigenvalue weighted by Gasteiger charge is -2.03. The maximum Gasteiger partial charge on any atom is 0.148 e. The van der Waals surface area contributed by atoms with E-state index in [0.717, 1.165) is 24.3 Å². The van der Waals surface area contributed by atoms with Crippen LogP contribution in [0.4, 0.5) is 5.82 Å². The van der Waals surface area contributed by atoms with Crippen LogP contribution in [0.5, 0.6) is 0 Å². The van der Waals surface area contributed by atoms with Crippen molar-refractivity contribution in [3.63, 3.8) is 0 Å². The smallest absolute Gasteiger partial charge is 0.148 e. The van der Waals surface area contributed by atoms with Gasteiger partial charge in [-0.3, -0.25) is 0 Å². The van der Waals surface area contributed by atoms with Gasteiger partial charge in [-0.25, -0.2) is 0 Å². The number of aromatic nitrogens is 2. The Morgan fingerprint density at radius 1 is 1.47 bits per heavy atom. The fourth-order valence-corrected chi connectivity index (χ4v) is 2.03. The van der Waals surface area contributed by atoms with Crippen LogP contribution in [0.3, 0.4) is 0 Å². The first kappa shape index (κ1) is 10.1. The molecule has 0 saturated carbocycles. The number of hydrogen-bond acceptors (Lipinski definition) is 4. The highest BCUT2D eigenvalue weighted by molar-refractivity contribution is 7.09. The molecule has 0 unspecified atom stereocenters. The molecule has 0 aliphatic carbocycles. The van der Waals surface area contributed by atoms with Gasteiger partial charge in [-0.1, -0.05) is 6.07 Å². The van der Waals surface area contributed by atoms with Gasteiger partial charge in [-0.15, -0.1) is 16.4 Å². The SMILES string of the molecule is Cc1cnnc(NCCc2cccs2)c1. The lowest BCUT2D eigenvalue weighted by atomic mass is 10.3. The minimum Gasteiger partial charge on any atom is -0.368 e. The van der Waals surface area contributed by atoms with Crippen LogP contribution < -0.4 is 5.32 Å². The molecule has 0 amide bonds. The molecule has 2 rings (SSSR count). The molecule has 0 atom stereocenters. The van der Waals surface area contributed by atoms with Crippen LogP contribution >= 0.6 is 11.3 Å². The van der Waals surface area contributed by atoms with E-state index in [0.29, 0.717) is 0 Å². The molecular formula is C11H13N3S. The topological polar surface area (TPSA) is 37.8 Å². The van der Waals surface area contributed by atoms with Crippen molar-refractivity contribution in [2.24, 2.45) is 0 Å². The summed E-state index contributed by atoms with van der Waals surface area (Å²) in [6.07, 6.45) is 2.79. The molecule has 0 saturated heterocycles. The number of rotatable bonds is 4. The van der Waals surface area contributed by atoms with Crippen LogP contribution in [0, 0.1) is 6.92 Å². The molecule has 0 spiro atoms. The number of aryl methyl sites for hydroxylation is 1. The molecule has 0 aromatic carbocycles. The summed E-state index contributed by atoms with van der Waals surface area (Å²) in [4.78, 5) is 1.39. The largest absolute Gasteiger partial charge is 0.368 e. The van der Waals surface area contributed by atoms with Crippen molar-refractivity contribution in [2.45, 2.75) is 13.3 Å². The average molecular weight is 219 g/mol. The molecule has 2 heterocycles. The van der Waals surface area contributed by atoms with Crippen molar-refractivity contribution in [2.75, 3.05) is 11.9 Å². The second kappa shape index (κ2) is 4.89. The average Bonchev–Trinajstić information content (AvgIpc) is 2.71. The van der Waals surface area contributed by atoms with Gasteiger partial charge in [0.15, 0.2) is 0 Å². The second-order valence-electron chi connectivity index (χ2n) is 3.37. The number of anilines is 1. The molecule has 3 nitrogen and oxygen atoms in total. The Labute approximate surface area is 93.2 Å². The van der Waals surface area contributed by atoms with Crippen molar-refractivity contribution in [1.82, 2.24) is 10.2 Å². The van der Waals surface area contributed by atoms with Crippen LogP contribution in [0.25, 0.3) is 0 Å². The molecule has 0 radical (unpaired) electrons. The fraction of sp³-hybridized carbons (Fsp3) is 0.273. The van der Waals surface area contributed by atoms with Gasteiger partial charge in [0.2, 0.25) is 0 Å². The Morgan fingerprint density at radius 3 is 3.13 bits per heavy atom. The van der Waals surface area contributed by atoms with Crippen molar-refractivity contribution < 1.29 is 0 Å². The third-order valence-electron chi connectivity index (χ3n) is 2.05. The minimum absolute atomic E-state index is 0.853. The van der Waals surface area contributed by atoms with E-state index < -0.39 is 0 Å². The quantitative estimate of drug-likeness (QED) is 0.858. The zero-order valence-corrected chi connectivity index (χ0v) is 9.42. The van der Waals surface area contributed by atoms with Gasteiger partial charge in [0.05, 0.1) is 6.20 Å². The van der Waals surface area contributed by atoms with Crippen molar-refractivity contribution in [3.05, 3.63) is 40.2 Å². The molecular weight excluding hydrogens is 206 g/mol. The van der Waals surface area contributed by atoms with Gasteiger partial charge in [-0.2, -0.15) is 5.10 Å². The first-order valence-electron chi connectivity index (χ1n) is 4.90. The minimum atomic E-state index is 0.853. The molecule has 0 aliphatic heterocycles. The Hall–Kier alpha value is -1.42. The van der Waals surface area contributed by atoms with E-state index in [4.69, 9.17) is 0 Å². The standard InChI is InChI=1S/C11H13N3S/c1-9-7-11(14-13-8-9)12-5-4-10-3-2-6-15-10/h2-3,6-8H,4-5H2,1H3,(H,12,14). The normalized spacial score (nSPS) is 10.2. The third-order valence-corrected chi connectivity index (χ3v) is 2.99. The summed E-state index contributed by atoms with van der Waals surface area (Å²) >= 11 is 1.79. The molecule has 2 aromatic heterocycles. The van der Waals surface area contributed by atoms with Gasteiger partial charge < -0.3 is 5.32 Å². The first-order valence-corrected chi connectivity index (χ1v) is 5.78. The Bertz CT molecular complexity index is 412. The maximum absolute atomic E-state index is 4.00. The molecule has 0 bridgehead atoms. The summed E-state index contributed by atoms with van der Waals surface area (Å²) in [6.45, 7) is 2.91. The summed E-state index contributed by atoms with van der Waals surface area (Å²) in [5, 5.41) is 13.2. The summed E-state index contributed by atoms with van der Waals surface area (Å²) in [6, 6.07) is 6.22. The predicted octanol–water partition coefficient (Wildman–Crippen LogP) is 2.50. The second-order valence-corrected chi connectivity index (χ2v) is 4.41. The third kappa shape index (κ3) is 3.02. The first-order chi connectivity index (χ1) is 7.34. The van der Waals surface area contributed by atoms with Crippen LogP contribution in [0.15, 0.2) is 29.8 Å². The number of nitrogens with zero attached hydrogens (tertiary/aromatic N) is 2. The van der Waals surface area contributed by atoms with Crippen LogP contribution in [0.2, 0.25) is 0 Å². The van der Waals surface area contributed by atoms with E-state index in [9.17, 15) is 0 Å². The number of thiophene rings is 1. The molecule has 4 heteroatoms. The summed E-state index contributed by atoms with van der Waals surface area (Å²) < 4.78 is 0. The molecule has 0 fully saturated rings.